The molecular weight excluding hydrogens is 321 g/mol. The van der Waals surface area contributed by atoms with Gasteiger partial charge in [0.1, 0.15) is 0 Å². The molecule has 0 spiro atoms. The normalized spacial score (nSPS) is 11.8. The molecule has 6 heteroatoms. The van der Waals surface area contributed by atoms with Crippen molar-refractivity contribution in [3.05, 3.63) is 63.9 Å². The van der Waals surface area contributed by atoms with Gasteiger partial charge in [-0.2, -0.15) is 0 Å². The van der Waals surface area contributed by atoms with E-state index < -0.39 is 0 Å². The molecular formula is C16H17Cl2N3O. The number of hydrogen-bond acceptors (Lipinski definition) is 2. The van der Waals surface area contributed by atoms with Crippen LogP contribution in [-0.4, -0.2) is 23.0 Å². The van der Waals surface area contributed by atoms with Gasteiger partial charge in [0, 0.05) is 36.0 Å². The first-order valence-electron chi connectivity index (χ1n) is 6.83. The highest BCUT2D eigenvalue weighted by Crippen LogP contribution is 2.29. The second-order valence-corrected chi connectivity index (χ2v) is 5.82. The van der Waals surface area contributed by atoms with Crippen LogP contribution in [0.5, 0.6) is 0 Å². The SMILES string of the molecule is C[C@@H](c1ccc(Cl)cc1Cl)N(C)C(=O)NCc1cccnc1. The average molecular weight is 338 g/mol. The highest BCUT2D eigenvalue weighted by atomic mass is 35.5. The van der Waals surface area contributed by atoms with Crippen molar-refractivity contribution in [3.63, 3.8) is 0 Å². The number of pyridine rings is 1. The average Bonchev–Trinajstić information content (AvgIpc) is 2.52. The molecule has 1 N–H and O–H groups in total. The van der Waals surface area contributed by atoms with Crippen LogP contribution < -0.4 is 5.32 Å². The molecule has 2 aromatic rings. The van der Waals surface area contributed by atoms with Crippen LogP contribution in [0.3, 0.4) is 0 Å². The van der Waals surface area contributed by atoms with Crippen molar-refractivity contribution in [2.45, 2.75) is 19.5 Å². The Labute approximate surface area is 140 Å². The summed E-state index contributed by atoms with van der Waals surface area (Å²) in [6.45, 7) is 2.34. The molecule has 116 valence electrons. The van der Waals surface area contributed by atoms with Crippen molar-refractivity contribution in [3.8, 4) is 0 Å². The Morgan fingerprint density at radius 1 is 1.36 bits per heavy atom. The number of urea groups is 1. The van der Waals surface area contributed by atoms with Crippen LogP contribution in [-0.2, 0) is 6.54 Å². The highest BCUT2D eigenvalue weighted by Gasteiger charge is 2.19. The molecule has 0 unspecified atom stereocenters. The Morgan fingerprint density at radius 3 is 2.77 bits per heavy atom. The summed E-state index contributed by atoms with van der Waals surface area (Å²) >= 11 is 12.1. The Bertz CT molecular complexity index is 649. The number of amides is 2. The van der Waals surface area contributed by atoms with E-state index in [1.54, 1.807) is 36.5 Å². The first-order valence-corrected chi connectivity index (χ1v) is 7.59. The maximum absolute atomic E-state index is 12.2. The number of hydrogen-bond donors (Lipinski definition) is 1. The first-order chi connectivity index (χ1) is 10.5. The van der Waals surface area contributed by atoms with Gasteiger partial charge in [-0.3, -0.25) is 4.98 Å². The van der Waals surface area contributed by atoms with Crippen molar-refractivity contribution in [1.82, 2.24) is 15.2 Å². The fourth-order valence-electron chi connectivity index (χ4n) is 2.03. The topological polar surface area (TPSA) is 45.2 Å². The van der Waals surface area contributed by atoms with E-state index in [2.05, 4.69) is 10.3 Å². The molecule has 0 bridgehead atoms. The smallest absolute Gasteiger partial charge is 0.317 e. The predicted octanol–water partition coefficient (Wildman–Crippen LogP) is 4.29. The Morgan fingerprint density at radius 2 is 2.14 bits per heavy atom. The third-order valence-corrected chi connectivity index (χ3v) is 4.04. The van der Waals surface area contributed by atoms with Crippen LogP contribution >= 0.6 is 23.2 Å². The highest BCUT2D eigenvalue weighted by molar-refractivity contribution is 6.35. The Kier molecular flexibility index (Phi) is 5.63. The summed E-state index contributed by atoms with van der Waals surface area (Å²) in [4.78, 5) is 17.9. The van der Waals surface area contributed by atoms with E-state index in [0.717, 1.165) is 11.1 Å². The zero-order chi connectivity index (χ0) is 16.1. The number of carbonyl (C=O) groups is 1. The van der Waals surface area contributed by atoms with Crippen LogP contribution in [0.15, 0.2) is 42.7 Å². The number of nitrogens with zero attached hydrogens (tertiary/aromatic N) is 2. The molecule has 0 aliphatic carbocycles. The standard InChI is InChI=1S/C16H17Cl2N3O/c1-11(14-6-5-13(17)8-15(14)18)21(2)16(22)20-10-12-4-3-7-19-9-12/h3-9,11H,10H2,1-2H3,(H,20,22)/t11-/m0/s1. The Balaban J connectivity index is 2.00. The lowest BCUT2D eigenvalue weighted by Crippen LogP contribution is -2.38. The lowest BCUT2D eigenvalue weighted by molar-refractivity contribution is 0.194. The molecule has 2 amide bonds. The van der Waals surface area contributed by atoms with Crippen LogP contribution in [0.4, 0.5) is 4.79 Å². The largest absolute Gasteiger partial charge is 0.334 e. The maximum Gasteiger partial charge on any atom is 0.317 e. The van der Waals surface area contributed by atoms with Crippen molar-refractivity contribution in [1.29, 1.82) is 0 Å². The molecule has 2 rings (SSSR count). The number of carbonyl (C=O) groups excluding carboxylic acids is 1. The summed E-state index contributed by atoms with van der Waals surface area (Å²) in [5.74, 6) is 0. The van der Waals surface area contributed by atoms with Crippen molar-refractivity contribution in [2.75, 3.05) is 7.05 Å². The molecule has 1 aromatic heterocycles. The summed E-state index contributed by atoms with van der Waals surface area (Å²) in [5.41, 5.74) is 1.80. The number of nitrogens with one attached hydrogen (secondary N) is 1. The van der Waals surface area contributed by atoms with Gasteiger partial charge in [-0.25, -0.2) is 4.79 Å². The van der Waals surface area contributed by atoms with Gasteiger partial charge in [-0.1, -0.05) is 35.3 Å². The monoisotopic (exact) mass is 337 g/mol. The third kappa shape index (κ3) is 4.12. The molecule has 0 aliphatic rings. The second-order valence-electron chi connectivity index (χ2n) is 4.97. The van der Waals surface area contributed by atoms with E-state index in [9.17, 15) is 4.79 Å². The van der Waals surface area contributed by atoms with Gasteiger partial charge in [-0.15, -0.1) is 0 Å². The minimum atomic E-state index is -0.178. The summed E-state index contributed by atoms with van der Waals surface area (Å²) < 4.78 is 0. The first kappa shape index (κ1) is 16.6. The summed E-state index contributed by atoms with van der Waals surface area (Å²) in [6, 6.07) is 8.67. The molecule has 0 saturated heterocycles. The zero-order valence-electron chi connectivity index (χ0n) is 12.4. The molecule has 1 aromatic carbocycles. The fourth-order valence-corrected chi connectivity index (χ4v) is 2.60. The van der Waals surface area contributed by atoms with Gasteiger partial charge in [0.15, 0.2) is 0 Å². The molecule has 0 saturated carbocycles. The lowest BCUT2D eigenvalue weighted by atomic mass is 10.1. The van der Waals surface area contributed by atoms with E-state index >= 15 is 0 Å². The minimum absolute atomic E-state index is 0.168. The van der Waals surface area contributed by atoms with Crippen molar-refractivity contribution < 1.29 is 4.79 Å². The molecule has 1 atom stereocenters. The number of benzene rings is 1. The van der Waals surface area contributed by atoms with Gasteiger partial charge < -0.3 is 10.2 Å². The zero-order valence-corrected chi connectivity index (χ0v) is 13.9. The summed E-state index contributed by atoms with van der Waals surface area (Å²) in [5, 5.41) is 3.98. The van der Waals surface area contributed by atoms with E-state index in [1.165, 1.54) is 0 Å². The molecule has 4 nitrogen and oxygen atoms in total. The van der Waals surface area contributed by atoms with Crippen molar-refractivity contribution in [2.24, 2.45) is 0 Å². The van der Waals surface area contributed by atoms with Crippen LogP contribution in [0.1, 0.15) is 24.1 Å². The van der Waals surface area contributed by atoms with Crippen LogP contribution in [0, 0.1) is 0 Å². The van der Waals surface area contributed by atoms with Crippen LogP contribution in [0.2, 0.25) is 10.0 Å². The fraction of sp³-hybridized carbons (Fsp3) is 0.250. The summed E-state index contributed by atoms with van der Waals surface area (Å²) in [7, 11) is 1.73. The van der Waals surface area contributed by atoms with E-state index in [1.807, 2.05) is 25.1 Å². The molecule has 1 heterocycles. The van der Waals surface area contributed by atoms with Gasteiger partial charge in [-0.05, 0) is 36.2 Å². The lowest BCUT2D eigenvalue weighted by Gasteiger charge is -2.26. The number of rotatable bonds is 4. The maximum atomic E-state index is 12.2. The minimum Gasteiger partial charge on any atom is -0.334 e. The molecule has 22 heavy (non-hydrogen) atoms. The number of halogens is 2. The van der Waals surface area contributed by atoms with Gasteiger partial charge >= 0.3 is 6.03 Å². The van der Waals surface area contributed by atoms with E-state index in [-0.39, 0.29) is 12.1 Å². The van der Waals surface area contributed by atoms with Crippen LogP contribution in [0.25, 0.3) is 0 Å². The summed E-state index contributed by atoms with van der Waals surface area (Å²) in [6.07, 6.45) is 3.42. The second kappa shape index (κ2) is 7.47. The third-order valence-electron chi connectivity index (χ3n) is 3.48. The van der Waals surface area contributed by atoms with Gasteiger partial charge in [0.25, 0.3) is 0 Å². The van der Waals surface area contributed by atoms with E-state index in [0.29, 0.717) is 16.6 Å². The molecule has 0 radical (unpaired) electrons. The molecule has 0 aliphatic heterocycles. The Hall–Kier alpha value is -1.78. The predicted molar refractivity (Wildman–Crippen MR) is 89.1 cm³/mol. The number of aromatic nitrogens is 1. The van der Waals surface area contributed by atoms with Gasteiger partial charge in [0.2, 0.25) is 0 Å². The quantitative estimate of drug-likeness (QED) is 0.904. The molecule has 0 fully saturated rings. The van der Waals surface area contributed by atoms with Crippen molar-refractivity contribution >= 4 is 29.2 Å². The van der Waals surface area contributed by atoms with Gasteiger partial charge in [0.05, 0.1) is 6.04 Å². The van der Waals surface area contributed by atoms with E-state index in [4.69, 9.17) is 23.2 Å².